The monoisotopic (exact) mass is 205 g/mol. The molecular weight excluding hydrogens is 186 g/mol. The fourth-order valence-electron chi connectivity index (χ4n) is 1.34. The van der Waals surface area contributed by atoms with Crippen LogP contribution in [0.3, 0.4) is 0 Å². The smallest absolute Gasteiger partial charge is 0.122 e. The Bertz CT molecular complexity index is 320. The lowest BCUT2D eigenvalue weighted by molar-refractivity contribution is 0.318. The van der Waals surface area contributed by atoms with Crippen molar-refractivity contribution in [1.29, 1.82) is 0 Å². The molecule has 0 radical (unpaired) electrons. The van der Waals surface area contributed by atoms with Gasteiger partial charge in [0, 0.05) is 6.42 Å². The number of hydrogen-bond acceptors (Lipinski definition) is 2. The molecular formula is C13H19NO. The van der Waals surface area contributed by atoms with Gasteiger partial charge >= 0.3 is 0 Å². The zero-order valence-electron chi connectivity index (χ0n) is 9.33. The first-order chi connectivity index (χ1) is 7.24. The van der Waals surface area contributed by atoms with Crippen LogP contribution in [0.15, 0.2) is 36.4 Å². The van der Waals surface area contributed by atoms with E-state index in [1.807, 2.05) is 25.1 Å². The van der Waals surface area contributed by atoms with E-state index in [4.69, 9.17) is 10.5 Å². The molecule has 0 atom stereocenters. The van der Waals surface area contributed by atoms with Crippen molar-refractivity contribution < 1.29 is 4.74 Å². The third-order valence-electron chi connectivity index (χ3n) is 2.17. The average molecular weight is 205 g/mol. The van der Waals surface area contributed by atoms with E-state index in [0.717, 1.165) is 24.2 Å². The van der Waals surface area contributed by atoms with Crippen molar-refractivity contribution in [2.24, 2.45) is 5.73 Å². The minimum absolute atomic E-state index is 0.654. The molecule has 0 fully saturated rings. The van der Waals surface area contributed by atoms with Crippen LogP contribution in [0.1, 0.15) is 18.9 Å². The normalized spacial score (nSPS) is 10.0. The minimum Gasteiger partial charge on any atom is -0.493 e. The van der Waals surface area contributed by atoms with E-state index in [-0.39, 0.29) is 0 Å². The Morgan fingerprint density at radius 3 is 2.80 bits per heavy atom. The van der Waals surface area contributed by atoms with E-state index < -0.39 is 0 Å². The van der Waals surface area contributed by atoms with Gasteiger partial charge in [-0.05, 0) is 31.5 Å². The molecule has 82 valence electrons. The molecule has 1 aromatic rings. The molecule has 0 aliphatic heterocycles. The van der Waals surface area contributed by atoms with E-state index in [1.54, 1.807) is 0 Å². The van der Waals surface area contributed by atoms with Crippen LogP contribution in [0.5, 0.6) is 5.75 Å². The van der Waals surface area contributed by atoms with E-state index in [0.29, 0.717) is 13.2 Å². The second-order valence-electron chi connectivity index (χ2n) is 3.70. The third-order valence-corrected chi connectivity index (χ3v) is 2.17. The molecule has 0 saturated carbocycles. The van der Waals surface area contributed by atoms with Gasteiger partial charge < -0.3 is 10.5 Å². The van der Waals surface area contributed by atoms with Crippen LogP contribution in [0.25, 0.3) is 0 Å². The van der Waals surface area contributed by atoms with E-state index in [9.17, 15) is 0 Å². The highest BCUT2D eigenvalue weighted by molar-refractivity contribution is 5.33. The lowest BCUT2D eigenvalue weighted by atomic mass is 10.1. The van der Waals surface area contributed by atoms with E-state index >= 15 is 0 Å². The summed E-state index contributed by atoms with van der Waals surface area (Å²) in [7, 11) is 0. The Balaban J connectivity index is 2.55. The largest absolute Gasteiger partial charge is 0.493 e. The molecule has 1 rings (SSSR count). The number of rotatable bonds is 6. The number of nitrogens with two attached hydrogens (primary N) is 1. The van der Waals surface area contributed by atoms with Gasteiger partial charge in [-0.25, -0.2) is 0 Å². The van der Waals surface area contributed by atoms with Gasteiger partial charge in [-0.1, -0.05) is 23.8 Å². The van der Waals surface area contributed by atoms with Crippen LogP contribution < -0.4 is 10.5 Å². The third kappa shape index (κ3) is 4.17. The minimum atomic E-state index is 0.654. The molecule has 2 heteroatoms. The lowest BCUT2D eigenvalue weighted by Gasteiger charge is -2.10. The first-order valence-electron chi connectivity index (χ1n) is 5.29. The molecule has 0 spiro atoms. The molecule has 0 saturated heterocycles. The van der Waals surface area contributed by atoms with Crippen molar-refractivity contribution in [3.63, 3.8) is 0 Å². The molecule has 0 unspecified atom stereocenters. The van der Waals surface area contributed by atoms with Gasteiger partial charge in [-0.2, -0.15) is 0 Å². The van der Waals surface area contributed by atoms with Gasteiger partial charge in [-0.3, -0.25) is 0 Å². The summed E-state index contributed by atoms with van der Waals surface area (Å²) in [5.41, 5.74) is 7.86. The number of benzene rings is 1. The molecule has 2 N–H and O–H groups in total. The van der Waals surface area contributed by atoms with E-state index in [2.05, 4.69) is 12.6 Å². The molecule has 0 aromatic heterocycles. The second kappa shape index (κ2) is 6.25. The van der Waals surface area contributed by atoms with Gasteiger partial charge in [-0.15, -0.1) is 6.58 Å². The maximum atomic E-state index is 5.68. The van der Waals surface area contributed by atoms with Gasteiger partial charge in [0.05, 0.1) is 6.61 Å². The molecule has 0 bridgehead atoms. The Morgan fingerprint density at radius 2 is 2.13 bits per heavy atom. The number of para-hydroxylation sites is 1. The van der Waals surface area contributed by atoms with Crippen molar-refractivity contribution in [2.75, 3.05) is 13.2 Å². The predicted octanol–water partition coefficient (Wildman–Crippen LogP) is 2.53. The van der Waals surface area contributed by atoms with Crippen LogP contribution in [0.4, 0.5) is 0 Å². The maximum Gasteiger partial charge on any atom is 0.122 e. The summed E-state index contributed by atoms with van der Waals surface area (Å²) in [4.78, 5) is 0. The van der Waals surface area contributed by atoms with Crippen LogP contribution in [0.2, 0.25) is 0 Å². The summed E-state index contributed by atoms with van der Waals surface area (Å²) >= 11 is 0. The lowest BCUT2D eigenvalue weighted by Crippen LogP contribution is -2.06. The molecule has 2 nitrogen and oxygen atoms in total. The maximum absolute atomic E-state index is 5.68. The van der Waals surface area contributed by atoms with Crippen molar-refractivity contribution in [3.8, 4) is 5.75 Å². The van der Waals surface area contributed by atoms with Gasteiger partial charge in [0.1, 0.15) is 5.75 Å². The summed E-state index contributed by atoms with van der Waals surface area (Å²) in [6, 6.07) is 8.04. The summed E-state index contributed by atoms with van der Waals surface area (Å²) in [5.74, 6) is 0.948. The summed E-state index contributed by atoms with van der Waals surface area (Å²) in [6.07, 6.45) is 1.76. The molecule has 0 aliphatic carbocycles. The summed E-state index contributed by atoms with van der Waals surface area (Å²) < 4.78 is 5.68. The summed E-state index contributed by atoms with van der Waals surface area (Å²) in [6.45, 7) is 7.20. The van der Waals surface area contributed by atoms with Gasteiger partial charge in [0.2, 0.25) is 0 Å². The molecule has 0 amide bonds. The van der Waals surface area contributed by atoms with Crippen LogP contribution in [0, 0.1) is 0 Å². The fourth-order valence-corrected chi connectivity index (χ4v) is 1.34. The Hall–Kier alpha value is -1.28. The fraction of sp³-hybridized carbons (Fsp3) is 0.385. The number of hydrogen-bond donors (Lipinski definition) is 1. The highest BCUT2D eigenvalue weighted by atomic mass is 16.5. The van der Waals surface area contributed by atoms with Crippen molar-refractivity contribution in [3.05, 3.63) is 42.0 Å². The summed E-state index contributed by atoms with van der Waals surface area (Å²) in [5, 5.41) is 0. The zero-order chi connectivity index (χ0) is 11.1. The molecule has 15 heavy (non-hydrogen) atoms. The molecule has 0 aliphatic rings. The SMILES string of the molecule is C=C(C)CCOc1ccccc1CCN. The predicted molar refractivity (Wildman–Crippen MR) is 64.1 cm³/mol. The highest BCUT2D eigenvalue weighted by Crippen LogP contribution is 2.18. The molecule has 0 heterocycles. The van der Waals surface area contributed by atoms with Gasteiger partial charge in [0.15, 0.2) is 0 Å². The first-order valence-corrected chi connectivity index (χ1v) is 5.29. The van der Waals surface area contributed by atoms with Crippen LogP contribution in [-0.2, 0) is 6.42 Å². The van der Waals surface area contributed by atoms with E-state index in [1.165, 1.54) is 5.56 Å². The van der Waals surface area contributed by atoms with Crippen molar-refractivity contribution >= 4 is 0 Å². The topological polar surface area (TPSA) is 35.2 Å². The molecule has 1 aromatic carbocycles. The van der Waals surface area contributed by atoms with Crippen LogP contribution >= 0.6 is 0 Å². The first kappa shape index (κ1) is 11.8. The second-order valence-corrected chi connectivity index (χ2v) is 3.70. The number of ether oxygens (including phenoxy) is 1. The Morgan fingerprint density at radius 1 is 1.40 bits per heavy atom. The van der Waals surface area contributed by atoms with Crippen molar-refractivity contribution in [1.82, 2.24) is 0 Å². The highest BCUT2D eigenvalue weighted by Gasteiger charge is 2.01. The average Bonchev–Trinajstić information content (AvgIpc) is 2.20. The standard InChI is InChI=1S/C13H19NO/c1-11(2)8-10-15-13-6-4-3-5-12(13)7-9-14/h3-6H,1,7-10,14H2,2H3. The Labute approximate surface area is 91.7 Å². The zero-order valence-corrected chi connectivity index (χ0v) is 9.33. The quantitative estimate of drug-likeness (QED) is 0.724. The van der Waals surface area contributed by atoms with Crippen molar-refractivity contribution in [2.45, 2.75) is 19.8 Å². The van der Waals surface area contributed by atoms with Crippen LogP contribution in [-0.4, -0.2) is 13.2 Å². The Kier molecular flexibility index (Phi) is 4.91. The van der Waals surface area contributed by atoms with Gasteiger partial charge in [0.25, 0.3) is 0 Å².